The minimum atomic E-state index is -0.249. The standard InChI is InChI=1S/C19H14N2O3S/c1-11(22)20-19-17(13-8-9-25-10-13)21-18(24-19)16-14-5-3-2-4-12(14)6-7-15(16)23/h2-10,23H,1H3,(H,20,22). The Hall–Kier alpha value is -3.12. The SMILES string of the molecule is CC(=O)Nc1oc(-c2c(O)ccc3ccccc23)nc1-c1ccsc1. The molecular formula is C19H14N2O3S. The second kappa shape index (κ2) is 6.07. The number of amides is 1. The second-order valence-corrected chi connectivity index (χ2v) is 6.35. The summed E-state index contributed by atoms with van der Waals surface area (Å²) >= 11 is 1.53. The Morgan fingerprint density at radius 2 is 2.04 bits per heavy atom. The topological polar surface area (TPSA) is 75.4 Å². The number of thiophene rings is 1. The lowest BCUT2D eigenvalue weighted by molar-refractivity contribution is -0.114. The number of phenols is 1. The van der Waals surface area contributed by atoms with Crippen molar-refractivity contribution in [3.05, 3.63) is 53.2 Å². The van der Waals surface area contributed by atoms with Gasteiger partial charge in [-0.25, -0.2) is 4.98 Å². The minimum Gasteiger partial charge on any atom is -0.507 e. The molecule has 2 aromatic heterocycles. The summed E-state index contributed by atoms with van der Waals surface area (Å²) in [6.07, 6.45) is 0. The molecule has 0 aliphatic rings. The molecule has 2 N–H and O–H groups in total. The summed E-state index contributed by atoms with van der Waals surface area (Å²) in [5.74, 6) is 0.361. The quantitative estimate of drug-likeness (QED) is 0.552. The molecule has 0 unspecified atom stereocenters. The van der Waals surface area contributed by atoms with E-state index in [4.69, 9.17) is 4.42 Å². The maximum absolute atomic E-state index is 11.5. The van der Waals surface area contributed by atoms with Crippen molar-refractivity contribution in [2.75, 3.05) is 5.32 Å². The number of carbonyl (C=O) groups excluding carboxylic acids is 1. The van der Waals surface area contributed by atoms with Gasteiger partial charge in [0.2, 0.25) is 17.7 Å². The summed E-state index contributed by atoms with van der Waals surface area (Å²) in [5.41, 5.74) is 1.90. The average molecular weight is 350 g/mol. The molecule has 0 spiro atoms. The molecule has 0 aliphatic carbocycles. The van der Waals surface area contributed by atoms with E-state index >= 15 is 0 Å². The number of nitrogens with zero attached hydrogens (tertiary/aromatic N) is 1. The fourth-order valence-electron chi connectivity index (χ4n) is 2.75. The Morgan fingerprint density at radius 3 is 2.80 bits per heavy atom. The third-order valence-corrected chi connectivity index (χ3v) is 4.52. The zero-order valence-electron chi connectivity index (χ0n) is 13.3. The van der Waals surface area contributed by atoms with Gasteiger partial charge in [-0.1, -0.05) is 30.3 Å². The zero-order chi connectivity index (χ0) is 17.4. The van der Waals surface area contributed by atoms with Gasteiger partial charge < -0.3 is 9.52 Å². The molecule has 0 radical (unpaired) electrons. The molecule has 2 aromatic carbocycles. The fourth-order valence-corrected chi connectivity index (χ4v) is 3.39. The highest BCUT2D eigenvalue weighted by Crippen LogP contribution is 2.40. The number of benzene rings is 2. The fraction of sp³-hybridized carbons (Fsp3) is 0.0526. The van der Waals surface area contributed by atoms with Crippen LogP contribution in [0.5, 0.6) is 5.75 Å². The van der Waals surface area contributed by atoms with E-state index in [2.05, 4.69) is 10.3 Å². The highest BCUT2D eigenvalue weighted by molar-refractivity contribution is 7.08. The first-order valence-electron chi connectivity index (χ1n) is 7.65. The molecule has 124 valence electrons. The van der Waals surface area contributed by atoms with Crippen molar-refractivity contribution in [2.24, 2.45) is 0 Å². The van der Waals surface area contributed by atoms with Crippen LogP contribution < -0.4 is 5.32 Å². The van der Waals surface area contributed by atoms with Crippen molar-refractivity contribution in [2.45, 2.75) is 6.92 Å². The number of fused-ring (bicyclic) bond motifs is 1. The van der Waals surface area contributed by atoms with E-state index in [0.717, 1.165) is 16.3 Å². The van der Waals surface area contributed by atoms with Gasteiger partial charge in [0.1, 0.15) is 11.4 Å². The van der Waals surface area contributed by atoms with E-state index in [-0.39, 0.29) is 23.4 Å². The predicted molar refractivity (Wildman–Crippen MR) is 98.7 cm³/mol. The van der Waals surface area contributed by atoms with E-state index in [0.29, 0.717) is 11.3 Å². The van der Waals surface area contributed by atoms with Crippen LogP contribution in [0.1, 0.15) is 6.92 Å². The summed E-state index contributed by atoms with van der Waals surface area (Å²) in [4.78, 5) is 16.1. The summed E-state index contributed by atoms with van der Waals surface area (Å²) in [5, 5.41) is 18.7. The normalized spacial score (nSPS) is 10.9. The Morgan fingerprint density at radius 1 is 1.20 bits per heavy atom. The number of oxazole rings is 1. The Labute approximate surface area is 147 Å². The highest BCUT2D eigenvalue weighted by Gasteiger charge is 2.21. The average Bonchev–Trinajstić information content (AvgIpc) is 3.24. The largest absolute Gasteiger partial charge is 0.507 e. The smallest absolute Gasteiger partial charge is 0.233 e. The third kappa shape index (κ3) is 2.77. The molecule has 4 rings (SSSR count). The van der Waals surface area contributed by atoms with Gasteiger partial charge in [-0.3, -0.25) is 10.1 Å². The molecule has 6 heteroatoms. The molecule has 0 aliphatic heterocycles. The summed E-state index contributed by atoms with van der Waals surface area (Å²) in [7, 11) is 0. The number of aromatic hydroxyl groups is 1. The molecule has 1 amide bonds. The Bertz CT molecular complexity index is 1070. The van der Waals surface area contributed by atoms with Gasteiger partial charge in [-0.2, -0.15) is 11.3 Å². The second-order valence-electron chi connectivity index (χ2n) is 5.57. The van der Waals surface area contributed by atoms with Crippen LogP contribution in [0.15, 0.2) is 57.6 Å². The summed E-state index contributed by atoms with van der Waals surface area (Å²) in [6.45, 7) is 1.41. The molecular weight excluding hydrogens is 336 g/mol. The molecule has 2 heterocycles. The van der Waals surface area contributed by atoms with E-state index in [1.165, 1.54) is 18.3 Å². The predicted octanol–water partition coefficient (Wildman–Crippen LogP) is 4.89. The molecule has 0 bridgehead atoms. The van der Waals surface area contributed by atoms with Crippen molar-refractivity contribution in [3.8, 4) is 28.5 Å². The van der Waals surface area contributed by atoms with Crippen LogP contribution in [-0.2, 0) is 4.79 Å². The maximum Gasteiger partial charge on any atom is 0.233 e. The van der Waals surface area contributed by atoms with Crippen molar-refractivity contribution in [3.63, 3.8) is 0 Å². The van der Waals surface area contributed by atoms with Gasteiger partial charge in [-0.15, -0.1) is 0 Å². The number of anilines is 1. The van der Waals surface area contributed by atoms with Gasteiger partial charge in [-0.05, 0) is 28.3 Å². The number of carbonyl (C=O) groups is 1. The lowest BCUT2D eigenvalue weighted by Crippen LogP contribution is -2.05. The number of rotatable bonds is 3. The van der Waals surface area contributed by atoms with Crippen LogP contribution in [0.25, 0.3) is 33.5 Å². The van der Waals surface area contributed by atoms with Crippen LogP contribution >= 0.6 is 11.3 Å². The van der Waals surface area contributed by atoms with E-state index < -0.39 is 0 Å². The first-order valence-corrected chi connectivity index (χ1v) is 8.60. The number of hydrogen-bond acceptors (Lipinski definition) is 5. The van der Waals surface area contributed by atoms with E-state index in [1.54, 1.807) is 6.07 Å². The monoisotopic (exact) mass is 350 g/mol. The zero-order valence-corrected chi connectivity index (χ0v) is 14.1. The van der Waals surface area contributed by atoms with Crippen molar-refractivity contribution >= 4 is 33.9 Å². The molecule has 0 fully saturated rings. The van der Waals surface area contributed by atoms with Gasteiger partial charge in [0.05, 0.1) is 5.56 Å². The molecule has 0 saturated carbocycles. The summed E-state index contributed by atoms with van der Waals surface area (Å²) < 4.78 is 5.83. The third-order valence-electron chi connectivity index (χ3n) is 3.83. The number of hydrogen-bond donors (Lipinski definition) is 2. The van der Waals surface area contributed by atoms with E-state index in [9.17, 15) is 9.90 Å². The summed E-state index contributed by atoms with van der Waals surface area (Å²) in [6, 6.07) is 13.0. The first-order chi connectivity index (χ1) is 12.1. The molecule has 0 saturated heterocycles. The van der Waals surface area contributed by atoms with Crippen LogP contribution in [-0.4, -0.2) is 16.0 Å². The lowest BCUT2D eigenvalue weighted by atomic mass is 10.0. The van der Waals surface area contributed by atoms with Crippen molar-refractivity contribution in [1.82, 2.24) is 4.98 Å². The van der Waals surface area contributed by atoms with Crippen LogP contribution in [0, 0.1) is 0 Å². The lowest BCUT2D eigenvalue weighted by Gasteiger charge is -2.05. The Kier molecular flexibility index (Phi) is 3.74. The van der Waals surface area contributed by atoms with Crippen LogP contribution in [0.3, 0.4) is 0 Å². The number of phenolic OH excluding ortho intramolecular Hbond substituents is 1. The molecule has 0 atom stereocenters. The Balaban J connectivity index is 1.95. The van der Waals surface area contributed by atoms with Gasteiger partial charge in [0.25, 0.3) is 0 Å². The van der Waals surface area contributed by atoms with Crippen LogP contribution in [0.2, 0.25) is 0 Å². The van der Waals surface area contributed by atoms with Crippen molar-refractivity contribution in [1.29, 1.82) is 0 Å². The van der Waals surface area contributed by atoms with Gasteiger partial charge >= 0.3 is 0 Å². The highest BCUT2D eigenvalue weighted by atomic mass is 32.1. The molecule has 4 aromatic rings. The maximum atomic E-state index is 11.5. The molecule has 25 heavy (non-hydrogen) atoms. The van der Waals surface area contributed by atoms with Gasteiger partial charge in [0, 0.05) is 17.9 Å². The number of aromatic nitrogens is 1. The van der Waals surface area contributed by atoms with Crippen molar-refractivity contribution < 1.29 is 14.3 Å². The number of nitrogens with one attached hydrogen (secondary N) is 1. The van der Waals surface area contributed by atoms with Crippen LogP contribution in [0.4, 0.5) is 5.88 Å². The molecule has 5 nitrogen and oxygen atoms in total. The minimum absolute atomic E-state index is 0.0752. The van der Waals surface area contributed by atoms with Gasteiger partial charge in [0.15, 0.2) is 0 Å². The first kappa shape index (κ1) is 15.4. The van der Waals surface area contributed by atoms with E-state index in [1.807, 2.05) is 47.2 Å².